The quantitative estimate of drug-likeness (QED) is 0.435. The van der Waals surface area contributed by atoms with Crippen LogP contribution in [0.3, 0.4) is 0 Å². The summed E-state index contributed by atoms with van der Waals surface area (Å²) in [6.45, 7) is 2.05. The third-order valence-electron chi connectivity index (χ3n) is 3.89. The van der Waals surface area contributed by atoms with Gasteiger partial charge in [-0.25, -0.2) is 0 Å². The van der Waals surface area contributed by atoms with E-state index in [2.05, 4.69) is 0 Å². The number of carbonyl (C=O) groups is 2. The first-order chi connectivity index (χ1) is 8.97. The molecule has 19 heavy (non-hydrogen) atoms. The van der Waals surface area contributed by atoms with Gasteiger partial charge in [-0.15, -0.1) is 0 Å². The molecular formula is C13H21NO5. The molecule has 1 aliphatic rings. The van der Waals surface area contributed by atoms with E-state index in [1.54, 1.807) is 0 Å². The Morgan fingerprint density at radius 2 is 2.00 bits per heavy atom. The van der Waals surface area contributed by atoms with Gasteiger partial charge in [0.05, 0.1) is 0 Å². The standard InChI is InChI=1S/C13H21NO5/c1-2-3-4-5-12(15)9-6-7-10(13(16)17)11(8-9)14(18)19/h9-11H,2-8H2,1H3,(H,16,17). The average molecular weight is 271 g/mol. The molecule has 1 saturated carbocycles. The van der Waals surface area contributed by atoms with Crippen LogP contribution < -0.4 is 0 Å². The Balaban J connectivity index is 2.58. The number of nitro groups is 1. The molecule has 0 radical (unpaired) electrons. The van der Waals surface area contributed by atoms with Crippen LogP contribution in [0.15, 0.2) is 0 Å². The van der Waals surface area contributed by atoms with Crippen LogP contribution in [0.2, 0.25) is 0 Å². The summed E-state index contributed by atoms with van der Waals surface area (Å²) in [5.74, 6) is -2.35. The lowest BCUT2D eigenvalue weighted by molar-refractivity contribution is -0.534. The van der Waals surface area contributed by atoms with E-state index >= 15 is 0 Å². The number of Topliss-reactive ketones (excluding diaryl/α,β-unsaturated/α-hetero) is 1. The number of unbranched alkanes of at least 4 members (excludes halogenated alkanes) is 2. The van der Waals surface area contributed by atoms with Crippen LogP contribution in [0.4, 0.5) is 0 Å². The molecule has 1 aliphatic carbocycles. The van der Waals surface area contributed by atoms with Gasteiger partial charge in [0, 0.05) is 23.7 Å². The maximum atomic E-state index is 11.9. The van der Waals surface area contributed by atoms with E-state index in [0.29, 0.717) is 12.8 Å². The minimum atomic E-state index is -1.13. The third kappa shape index (κ3) is 4.29. The number of aliphatic carboxylic acids is 1. The summed E-state index contributed by atoms with van der Waals surface area (Å²) >= 11 is 0. The smallest absolute Gasteiger partial charge is 0.313 e. The highest BCUT2D eigenvalue weighted by molar-refractivity contribution is 5.81. The monoisotopic (exact) mass is 271 g/mol. The molecule has 0 aromatic carbocycles. The number of carboxylic acids is 1. The molecule has 0 amide bonds. The third-order valence-corrected chi connectivity index (χ3v) is 3.89. The Morgan fingerprint density at radius 3 is 2.53 bits per heavy atom. The number of hydrogen-bond donors (Lipinski definition) is 1. The fraction of sp³-hybridized carbons (Fsp3) is 0.846. The summed E-state index contributed by atoms with van der Waals surface area (Å²) in [5, 5.41) is 19.9. The van der Waals surface area contributed by atoms with Crippen molar-refractivity contribution in [1.82, 2.24) is 0 Å². The van der Waals surface area contributed by atoms with Gasteiger partial charge >= 0.3 is 5.97 Å². The Hall–Kier alpha value is -1.46. The minimum absolute atomic E-state index is 0.0594. The van der Waals surface area contributed by atoms with Gasteiger partial charge in [-0.2, -0.15) is 0 Å². The van der Waals surface area contributed by atoms with Gasteiger partial charge < -0.3 is 5.11 Å². The van der Waals surface area contributed by atoms with E-state index in [-0.39, 0.29) is 24.5 Å². The molecule has 3 unspecified atom stereocenters. The number of hydrogen-bond acceptors (Lipinski definition) is 4. The molecule has 108 valence electrons. The lowest BCUT2D eigenvalue weighted by atomic mass is 9.76. The Labute approximate surface area is 112 Å². The number of ketones is 1. The predicted molar refractivity (Wildman–Crippen MR) is 68.4 cm³/mol. The Morgan fingerprint density at radius 1 is 1.32 bits per heavy atom. The highest BCUT2D eigenvalue weighted by Crippen LogP contribution is 2.32. The van der Waals surface area contributed by atoms with Crippen molar-refractivity contribution in [2.45, 2.75) is 57.9 Å². The van der Waals surface area contributed by atoms with Gasteiger partial charge in [0.1, 0.15) is 11.7 Å². The van der Waals surface area contributed by atoms with Crippen molar-refractivity contribution < 1.29 is 19.6 Å². The van der Waals surface area contributed by atoms with E-state index < -0.39 is 22.9 Å². The molecule has 6 heteroatoms. The highest BCUT2D eigenvalue weighted by Gasteiger charge is 2.44. The minimum Gasteiger partial charge on any atom is -0.481 e. The zero-order chi connectivity index (χ0) is 14.4. The first-order valence-electron chi connectivity index (χ1n) is 6.86. The molecule has 3 atom stereocenters. The van der Waals surface area contributed by atoms with Crippen molar-refractivity contribution >= 4 is 11.8 Å². The Bertz CT molecular complexity index is 355. The largest absolute Gasteiger partial charge is 0.481 e. The maximum absolute atomic E-state index is 11.9. The lowest BCUT2D eigenvalue weighted by Crippen LogP contribution is -2.41. The van der Waals surface area contributed by atoms with Crippen LogP contribution >= 0.6 is 0 Å². The maximum Gasteiger partial charge on any atom is 0.313 e. The zero-order valence-corrected chi connectivity index (χ0v) is 11.2. The van der Waals surface area contributed by atoms with Gasteiger partial charge in [0.25, 0.3) is 0 Å². The van der Waals surface area contributed by atoms with Crippen molar-refractivity contribution in [1.29, 1.82) is 0 Å². The molecule has 0 bridgehead atoms. The number of nitrogens with zero attached hydrogens (tertiary/aromatic N) is 1. The fourth-order valence-corrected chi connectivity index (χ4v) is 2.71. The Kier molecular flexibility index (Phi) is 5.92. The van der Waals surface area contributed by atoms with E-state index in [9.17, 15) is 19.7 Å². The molecule has 1 N–H and O–H groups in total. The van der Waals surface area contributed by atoms with Crippen molar-refractivity contribution in [3.05, 3.63) is 10.1 Å². The highest BCUT2D eigenvalue weighted by atomic mass is 16.6. The predicted octanol–water partition coefficient (Wildman–Crippen LogP) is 2.28. The van der Waals surface area contributed by atoms with Crippen LogP contribution in [0, 0.1) is 22.0 Å². The lowest BCUT2D eigenvalue weighted by Gasteiger charge is -2.27. The van der Waals surface area contributed by atoms with E-state index in [0.717, 1.165) is 19.3 Å². The van der Waals surface area contributed by atoms with Crippen LogP contribution in [0.5, 0.6) is 0 Å². The van der Waals surface area contributed by atoms with Gasteiger partial charge in [-0.05, 0) is 19.3 Å². The molecule has 6 nitrogen and oxygen atoms in total. The summed E-state index contributed by atoms with van der Waals surface area (Å²) in [7, 11) is 0. The molecule has 1 rings (SSSR count). The summed E-state index contributed by atoms with van der Waals surface area (Å²) in [5.41, 5.74) is 0. The van der Waals surface area contributed by atoms with Gasteiger partial charge in [0.2, 0.25) is 6.04 Å². The van der Waals surface area contributed by atoms with Gasteiger partial charge in [0.15, 0.2) is 0 Å². The van der Waals surface area contributed by atoms with Crippen LogP contribution in [-0.4, -0.2) is 27.8 Å². The van der Waals surface area contributed by atoms with Crippen molar-refractivity contribution in [2.24, 2.45) is 11.8 Å². The first kappa shape index (κ1) is 15.6. The molecule has 0 heterocycles. The summed E-state index contributed by atoms with van der Waals surface area (Å²) in [6, 6.07) is -1.12. The fourth-order valence-electron chi connectivity index (χ4n) is 2.71. The summed E-state index contributed by atoms with van der Waals surface area (Å²) in [4.78, 5) is 33.3. The van der Waals surface area contributed by atoms with E-state index in [4.69, 9.17) is 5.11 Å². The second-order valence-corrected chi connectivity index (χ2v) is 5.23. The number of rotatable bonds is 7. The molecule has 0 aromatic heterocycles. The molecule has 0 saturated heterocycles. The molecule has 0 aliphatic heterocycles. The SMILES string of the molecule is CCCCCC(=O)C1CCC(C(=O)O)C([N+](=O)[O-])C1. The number of carboxylic acid groups (broad SMARTS) is 1. The van der Waals surface area contributed by atoms with Crippen molar-refractivity contribution in [2.75, 3.05) is 0 Å². The topological polar surface area (TPSA) is 97.5 Å². The second kappa shape index (κ2) is 7.21. The molecule has 1 fully saturated rings. The van der Waals surface area contributed by atoms with Gasteiger partial charge in [-0.3, -0.25) is 19.7 Å². The molecular weight excluding hydrogens is 250 g/mol. The van der Waals surface area contributed by atoms with E-state index in [1.165, 1.54) is 0 Å². The number of carbonyl (C=O) groups excluding carboxylic acids is 1. The van der Waals surface area contributed by atoms with Crippen molar-refractivity contribution in [3.63, 3.8) is 0 Å². The second-order valence-electron chi connectivity index (χ2n) is 5.23. The normalized spacial score (nSPS) is 26.9. The van der Waals surface area contributed by atoms with Crippen LogP contribution in [0.1, 0.15) is 51.9 Å². The van der Waals surface area contributed by atoms with Crippen LogP contribution in [-0.2, 0) is 9.59 Å². The summed E-state index contributed by atoms with van der Waals surface area (Å²) in [6.07, 6.45) is 4.05. The molecule has 0 aromatic rings. The van der Waals surface area contributed by atoms with Gasteiger partial charge in [-0.1, -0.05) is 19.8 Å². The first-order valence-corrected chi connectivity index (χ1v) is 6.86. The molecule has 0 spiro atoms. The average Bonchev–Trinajstić information content (AvgIpc) is 2.38. The van der Waals surface area contributed by atoms with Crippen molar-refractivity contribution in [3.8, 4) is 0 Å². The summed E-state index contributed by atoms with van der Waals surface area (Å²) < 4.78 is 0. The zero-order valence-electron chi connectivity index (χ0n) is 11.2. The van der Waals surface area contributed by atoms with E-state index in [1.807, 2.05) is 6.92 Å². The van der Waals surface area contributed by atoms with Crippen LogP contribution in [0.25, 0.3) is 0 Å².